The molecule has 0 saturated carbocycles. The molecule has 2 heterocycles. The van der Waals surface area contributed by atoms with E-state index < -0.39 is 6.04 Å². The second-order valence-electron chi connectivity index (χ2n) is 8.35. The zero-order valence-corrected chi connectivity index (χ0v) is 20.1. The number of fused-ring (bicyclic) bond motifs is 1. The molecule has 0 spiro atoms. The number of benzene rings is 2. The summed E-state index contributed by atoms with van der Waals surface area (Å²) in [5.74, 6) is 0.414. The molecule has 0 radical (unpaired) electrons. The minimum absolute atomic E-state index is 0.281. The molecule has 1 N–H and O–H groups in total. The van der Waals surface area contributed by atoms with Crippen molar-refractivity contribution in [3.05, 3.63) is 81.4 Å². The average molecular weight is 460 g/mol. The van der Waals surface area contributed by atoms with Gasteiger partial charge in [-0.25, -0.2) is 9.36 Å². The number of carbonyl (C=O) groups excluding carboxylic acids is 1. The first kappa shape index (κ1) is 23.2. The zero-order chi connectivity index (χ0) is 24.4. The standard InChI is InChI=1S/C26H29N5O3/c1-6-21(25(32)27-15-19-9-7-8-10-22(19)34-5)31-26(33)24-23(17(3)28-31)18(4)30(29-24)20-13-11-16(2)12-14-20/h7-14,21H,6,15H2,1-5H3,(H,27,32). The van der Waals surface area contributed by atoms with Crippen LogP contribution in [0.1, 0.15) is 41.9 Å². The van der Waals surface area contributed by atoms with Crippen LogP contribution >= 0.6 is 0 Å². The van der Waals surface area contributed by atoms with Crippen LogP contribution in [0.3, 0.4) is 0 Å². The number of aromatic nitrogens is 4. The molecule has 4 aromatic rings. The molecule has 1 amide bonds. The molecule has 0 aliphatic heterocycles. The van der Waals surface area contributed by atoms with E-state index in [4.69, 9.17) is 4.74 Å². The van der Waals surface area contributed by atoms with Crippen LogP contribution in [0.2, 0.25) is 0 Å². The van der Waals surface area contributed by atoms with Crippen LogP contribution in [0.15, 0.2) is 53.3 Å². The number of rotatable bonds is 7. The van der Waals surface area contributed by atoms with Crippen LogP contribution in [0.4, 0.5) is 0 Å². The maximum absolute atomic E-state index is 13.4. The van der Waals surface area contributed by atoms with Gasteiger partial charge in [-0.15, -0.1) is 0 Å². The molecule has 4 rings (SSSR count). The Morgan fingerprint density at radius 1 is 1.06 bits per heavy atom. The van der Waals surface area contributed by atoms with E-state index in [1.54, 1.807) is 11.8 Å². The van der Waals surface area contributed by atoms with Crippen molar-refractivity contribution in [2.24, 2.45) is 0 Å². The topological polar surface area (TPSA) is 91.0 Å². The first-order chi connectivity index (χ1) is 16.3. The summed E-state index contributed by atoms with van der Waals surface area (Å²) in [4.78, 5) is 26.5. The predicted molar refractivity (Wildman–Crippen MR) is 132 cm³/mol. The number of carbonyl (C=O) groups is 1. The molecular weight excluding hydrogens is 430 g/mol. The number of nitrogens with one attached hydrogen (secondary N) is 1. The number of amides is 1. The van der Waals surface area contributed by atoms with Gasteiger partial charge in [-0.1, -0.05) is 42.8 Å². The zero-order valence-electron chi connectivity index (χ0n) is 20.1. The number of ether oxygens (including phenoxy) is 1. The van der Waals surface area contributed by atoms with Gasteiger partial charge in [-0.3, -0.25) is 9.59 Å². The van der Waals surface area contributed by atoms with Gasteiger partial charge in [-0.2, -0.15) is 10.2 Å². The smallest absolute Gasteiger partial charge is 0.295 e. The molecule has 8 heteroatoms. The van der Waals surface area contributed by atoms with E-state index in [2.05, 4.69) is 15.5 Å². The lowest BCUT2D eigenvalue weighted by molar-refractivity contribution is -0.125. The van der Waals surface area contributed by atoms with E-state index in [-0.39, 0.29) is 18.0 Å². The summed E-state index contributed by atoms with van der Waals surface area (Å²) in [5, 5.41) is 12.8. The van der Waals surface area contributed by atoms with Crippen molar-refractivity contribution >= 4 is 16.8 Å². The second-order valence-corrected chi connectivity index (χ2v) is 8.35. The summed E-state index contributed by atoms with van der Waals surface area (Å²) in [6.45, 7) is 7.93. The molecule has 0 bridgehead atoms. The van der Waals surface area contributed by atoms with Gasteiger partial charge in [0.05, 0.1) is 29.6 Å². The van der Waals surface area contributed by atoms with Crippen molar-refractivity contribution in [3.63, 3.8) is 0 Å². The highest BCUT2D eigenvalue weighted by atomic mass is 16.5. The molecule has 0 aliphatic carbocycles. The van der Waals surface area contributed by atoms with E-state index >= 15 is 0 Å². The van der Waals surface area contributed by atoms with Crippen molar-refractivity contribution in [3.8, 4) is 11.4 Å². The third kappa shape index (κ3) is 4.19. The lowest BCUT2D eigenvalue weighted by atomic mass is 10.1. The van der Waals surface area contributed by atoms with Crippen LogP contribution in [0, 0.1) is 20.8 Å². The highest BCUT2D eigenvalue weighted by Gasteiger charge is 2.25. The van der Waals surface area contributed by atoms with Gasteiger partial charge < -0.3 is 10.1 Å². The molecule has 1 atom stereocenters. The van der Waals surface area contributed by atoms with Crippen LogP contribution < -0.4 is 15.6 Å². The van der Waals surface area contributed by atoms with E-state index in [9.17, 15) is 9.59 Å². The first-order valence-corrected chi connectivity index (χ1v) is 11.3. The molecule has 34 heavy (non-hydrogen) atoms. The van der Waals surface area contributed by atoms with Crippen molar-refractivity contribution in [2.75, 3.05) is 7.11 Å². The van der Waals surface area contributed by atoms with E-state index in [0.717, 1.165) is 22.5 Å². The Morgan fingerprint density at radius 3 is 2.44 bits per heavy atom. The molecular formula is C26H29N5O3. The van der Waals surface area contributed by atoms with Crippen molar-refractivity contribution < 1.29 is 9.53 Å². The minimum Gasteiger partial charge on any atom is -0.496 e. The fourth-order valence-corrected chi connectivity index (χ4v) is 4.22. The van der Waals surface area contributed by atoms with E-state index in [1.807, 2.05) is 76.2 Å². The molecule has 0 aliphatic rings. The first-order valence-electron chi connectivity index (χ1n) is 11.3. The van der Waals surface area contributed by atoms with Crippen LogP contribution in [-0.4, -0.2) is 32.6 Å². The van der Waals surface area contributed by atoms with E-state index in [0.29, 0.717) is 28.8 Å². The van der Waals surface area contributed by atoms with Gasteiger partial charge in [-0.05, 0) is 45.4 Å². The largest absolute Gasteiger partial charge is 0.496 e. The van der Waals surface area contributed by atoms with Crippen molar-refractivity contribution in [1.29, 1.82) is 0 Å². The van der Waals surface area contributed by atoms with Crippen molar-refractivity contribution in [2.45, 2.75) is 46.7 Å². The maximum atomic E-state index is 13.4. The third-order valence-corrected chi connectivity index (χ3v) is 6.06. The quantitative estimate of drug-likeness (QED) is 0.454. The number of nitrogens with zero attached hydrogens (tertiary/aromatic N) is 4. The fourth-order valence-electron chi connectivity index (χ4n) is 4.22. The molecule has 176 valence electrons. The highest BCUT2D eigenvalue weighted by Crippen LogP contribution is 2.23. The third-order valence-electron chi connectivity index (χ3n) is 6.06. The summed E-state index contributed by atoms with van der Waals surface area (Å²) in [6, 6.07) is 14.7. The Labute approximate surface area is 198 Å². The number of methoxy groups -OCH3 is 1. The Balaban J connectivity index is 1.69. The van der Waals surface area contributed by atoms with Gasteiger partial charge in [0.2, 0.25) is 5.91 Å². The lowest BCUT2D eigenvalue weighted by Crippen LogP contribution is -2.38. The molecule has 8 nitrogen and oxygen atoms in total. The van der Waals surface area contributed by atoms with Crippen LogP contribution in [0.5, 0.6) is 5.75 Å². The molecule has 0 fully saturated rings. The second kappa shape index (κ2) is 9.51. The summed E-state index contributed by atoms with van der Waals surface area (Å²) in [6.07, 6.45) is 0.410. The summed E-state index contributed by atoms with van der Waals surface area (Å²) < 4.78 is 8.38. The SMILES string of the molecule is CCC(C(=O)NCc1ccccc1OC)n1nc(C)c2c(C)n(-c3ccc(C)cc3)nc2c1=O. The van der Waals surface area contributed by atoms with E-state index in [1.165, 1.54) is 4.68 Å². The van der Waals surface area contributed by atoms with Crippen LogP contribution in [0.25, 0.3) is 16.6 Å². The Hall–Kier alpha value is -3.94. The predicted octanol–water partition coefficient (Wildman–Crippen LogP) is 3.78. The summed E-state index contributed by atoms with van der Waals surface area (Å²) in [7, 11) is 1.59. The Morgan fingerprint density at radius 2 is 1.76 bits per heavy atom. The van der Waals surface area contributed by atoms with Gasteiger partial charge in [0.25, 0.3) is 5.56 Å². The van der Waals surface area contributed by atoms with Gasteiger partial charge in [0.15, 0.2) is 5.52 Å². The Bertz CT molecular complexity index is 1400. The van der Waals surface area contributed by atoms with Gasteiger partial charge in [0, 0.05) is 12.1 Å². The van der Waals surface area contributed by atoms with Crippen molar-refractivity contribution in [1.82, 2.24) is 24.9 Å². The number of hydrogen-bond donors (Lipinski definition) is 1. The molecule has 1 unspecified atom stereocenters. The summed E-state index contributed by atoms with van der Waals surface area (Å²) in [5.41, 5.74) is 4.28. The molecule has 2 aromatic carbocycles. The maximum Gasteiger partial charge on any atom is 0.295 e. The number of aryl methyl sites for hydroxylation is 3. The highest BCUT2D eigenvalue weighted by molar-refractivity contribution is 5.84. The summed E-state index contributed by atoms with van der Waals surface area (Å²) >= 11 is 0. The van der Waals surface area contributed by atoms with Crippen LogP contribution in [-0.2, 0) is 11.3 Å². The lowest BCUT2D eigenvalue weighted by Gasteiger charge is -2.18. The van der Waals surface area contributed by atoms with Gasteiger partial charge in [0.1, 0.15) is 11.8 Å². The monoisotopic (exact) mass is 459 g/mol. The van der Waals surface area contributed by atoms with Gasteiger partial charge >= 0.3 is 0 Å². The molecule has 2 aromatic heterocycles. The Kier molecular flexibility index (Phi) is 6.49. The minimum atomic E-state index is -0.755. The molecule has 0 saturated heterocycles. The number of para-hydroxylation sites is 1. The fraction of sp³-hybridized carbons (Fsp3) is 0.308. The normalized spacial score (nSPS) is 12.0. The average Bonchev–Trinajstić information content (AvgIpc) is 3.19. The number of hydrogen-bond acceptors (Lipinski definition) is 5.